The lowest BCUT2D eigenvalue weighted by atomic mass is 10.1. The highest BCUT2D eigenvalue weighted by molar-refractivity contribution is 7.36. The van der Waals surface area contributed by atoms with Gasteiger partial charge in [0, 0.05) is 11.4 Å². The molecule has 1 rings (SSSR count). The van der Waals surface area contributed by atoms with Crippen molar-refractivity contribution in [3.63, 3.8) is 0 Å². The van der Waals surface area contributed by atoms with Crippen molar-refractivity contribution in [2.24, 2.45) is 0 Å². The molecule has 1 atom stereocenters. The lowest BCUT2D eigenvalue weighted by Gasteiger charge is -2.04. The van der Waals surface area contributed by atoms with E-state index in [9.17, 15) is 9.46 Å². The SMILES string of the molecule is Nc1ccc(CCC[P+](=O)[O-])c(N)c1. The summed E-state index contributed by atoms with van der Waals surface area (Å²) in [5.41, 5.74) is 13.4. The normalized spacial score (nSPS) is 11.4. The molecule has 1 aromatic carbocycles. The molecule has 0 aliphatic heterocycles. The van der Waals surface area contributed by atoms with Crippen molar-refractivity contribution in [3.8, 4) is 0 Å². The molecule has 0 saturated carbocycles. The maximum absolute atomic E-state index is 10.3. The van der Waals surface area contributed by atoms with Gasteiger partial charge in [0.1, 0.15) is 6.16 Å². The molecule has 0 bridgehead atoms. The van der Waals surface area contributed by atoms with Crippen LogP contribution < -0.4 is 16.4 Å². The smallest absolute Gasteiger partial charge is 0.308 e. The molecule has 5 heteroatoms. The number of nitrogen functional groups attached to an aromatic ring is 2. The molecular weight excluding hydrogens is 199 g/mol. The Bertz CT molecular complexity index is 342. The second kappa shape index (κ2) is 4.94. The van der Waals surface area contributed by atoms with Crippen LogP contribution in [0.25, 0.3) is 0 Å². The third-order valence-electron chi connectivity index (χ3n) is 1.96. The minimum absolute atomic E-state index is 0.207. The zero-order valence-electron chi connectivity index (χ0n) is 7.77. The lowest BCUT2D eigenvalue weighted by molar-refractivity contribution is -0.164. The molecule has 4 N–H and O–H groups in total. The number of hydrogen-bond acceptors (Lipinski definition) is 4. The minimum Gasteiger partial charge on any atom is -0.596 e. The van der Waals surface area contributed by atoms with Crippen molar-refractivity contribution in [2.75, 3.05) is 17.6 Å². The Balaban J connectivity index is 2.55. The fourth-order valence-electron chi connectivity index (χ4n) is 1.24. The first-order valence-corrected chi connectivity index (χ1v) is 5.71. The fourth-order valence-corrected chi connectivity index (χ4v) is 1.66. The maximum Gasteiger partial charge on any atom is 0.308 e. The van der Waals surface area contributed by atoms with E-state index < -0.39 is 8.03 Å². The standard InChI is InChI=1S/C9H13N2O2P/c10-8-4-3-7(9(11)6-8)2-1-5-14(12)13/h3-4,6H,1-2,5,10-11H2. The van der Waals surface area contributed by atoms with Crippen LogP contribution >= 0.6 is 8.03 Å². The van der Waals surface area contributed by atoms with Crippen molar-refractivity contribution >= 4 is 19.4 Å². The van der Waals surface area contributed by atoms with E-state index >= 15 is 0 Å². The van der Waals surface area contributed by atoms with Gasteiger partial charge < -0.3 is 16.4 Å². The van der Waals surface area contributed by atoms with Gasteiger partial charge in [-0.3, -0.25) is 0 Å². The molecule has 76 valence electrons. The Morgan fingerprint density at radius 3 is 2.64 bits per heavy atom. The fraction of sp³-hybridized carbons (Fsp3) is 0.333. The van der Waals surface area contributed by atoms with E-state index in [1.807, 2.05) is 6.07 Å². The van der Waals surface area contributed by atoms with Crippen LogP contribution in [0, 0.1) is 0 Å². The van der Waals surface area contributed by atoms with Crippen molar-refractivity contribution in [3.05, 3.63) is 23.8 Å². The summed E-state index contributed by atoms with van der Waals surface area (Å²) < 4.78 is 10.3. The quantitative estimate of drug-likeness (QED) is 0.572. The first kappa shape index (κ1) is 11.0. The summed E-state index contributed by atoms with van der Waals surface area (Å²) in [5.74, 6) is 0. The molecule has 0 spiro atoms. The van der Waals surface area contributed by atoms with Gasteiger partial charge in [0.05, 0.1) is 0 Å². The number of aryl methyl sites for hydroxylation is 1. The Hall–Kier alpha value is -1.12. The summed E-state index contributed by atoms with van der Waals surface area (Å²) in [6.07, 6.45) is 1.49. The summed E-state index contributed by atoms with van der Waals surface area (Å²) in [6, 6.07) is 5.29. The summed E-state index contributed by atoms with van der Waals surface area (Å²) in [7, 11) is -2.28. The highest BCUT2D eigenvalue weighted by Crippen LogP contribution is 2.19. The molecule has 0 aliphatic carbocycles. The summed E-state index contributed by atoms with van der Waals surface area (Å²) in [6.45, 7) is 0. The topological polar surface area (TPSA) is 92.2 Å². The molecule has 0 fully saturated rings. The highest BCUT2D eigenvalue weighted by atomic mass is 31.1. The maximum atomic E-state index is 10.3. The van der Waals surface area contributed by atoms with Gasteiger partial charge in [0.15, 0.2) is 0 Å². The van der Waals surface area contributed by atoms with E-state index in [0.717, 1.165) is 5.56 Å². The van der Waals surface area contributed by atoms with Gasteiger partial charge in [0.25, 0.3) is 0 Å². The third kappa shape index (κ3) is 3.32. The Labute approximate surface area is 83.8 Å². The van der Waals surface area contributed by atoms with Crippen molar-refractivity contribution in [1.82, 2.24) is 0 Å². The Kier molecular flexibility index (Phi) is 3.86. The summed E-state index contributed by atoms with van der Waals surface area (Å²) in [5, 5.41) is 0. The number of rotatable bonds is 4. The molecule has 1 unspecified atom stereocenters. The first-order chi connectivity index (χ1) is 6.59. The van der Waals surface area contributed by atoms with E-state index in [1.54, 1.807) is 12.1 Å². The number of nitrogens with two attached hydrogens (primary N) is 2. The van der Waals surface area contributed by atoms with Crippen LogP contribution in [0.4, 0.5) is 11.4 Å². The Morgan fingerprint density at radius 2 is 2.07 bits per heavy atom. The lowest BCUT2D eigenvalue weighted by Crippen LogP contribution is -1.98. The van der Waals surface area contributed by atoms with E-state index in [2.05, 4.69) is 0 Å². The zero-order valence-corrected chi connectivity index (χ0v) is 8.67. The average molecular weight is 212 g/mol. The second-order valence-electron chi connectivity index (χ2n) is 3.12. The second-order valence-corrected chi connectivity index (χ2v) is 4.23. The predicted octanol–water partition coefficient (Wildman–Crippen LogP) is 0.886. The summed E-state index contributed by atoms with van der Waals surface area (Å²) in [4.78, 5) is 10.3. The Morgan fingerprint density at radius 1 is 1.36 bits per heavy atom. The molecule has 0 aliphatic rings. The van der Waals surface area contributed by atoms with Crippen LogP contribution in [0.3, 0.4) is 0 Å². The van der Waals surface area contributed by atoms with Crippen LogP contribution in [-0.2, 0) is 11.0 Å². The van der Waals surface area contributed by atoms with Crippen molar-refractivity contribution < 1.29 is 9.46 Å². The van der Waals surface area contributed by atoms with E-state index in [1.165, 1.54) is 0 Å². The predicted molar refractivity (Wildman–Crippen MR) is 56.1 cm³/mol. The van der Waals surface area contributed by atoms with Crippen molar-refractivity contribution in [1.29, 1.82) is 0 Å². The summed E-state index contributed by atoms with van der Waals surface area (Å²) >= 11 is 0. The average Bonchev–Trinajstić information content (AvgIpc) is 2.08. The molecule has 0 aromatic heterocycles. The molecular formula is C9H13N2O2P. The van der Waals surface area contributed by atoms with Gasteiger partial charge in [-0.2, -0.15) is 0 Å². The highest BCUT2D eigenvalue weighted by Gasteiger charge is 2.03. The first-order valence-electron chi connectivity index (χ1n) is 4.35. The molecule has 4 nitrogen and oxygen atoms in total. The van der Waals surface area contributed by atoms with Gasteiger partial charge in [-0.25, -0.2) is 0 Å². The minimum atomic E-state index is -2.28. The molecule has 14 heavy (non-hydrogen) atoms. The molecule has 0 saturated heterocycles. The van der Waals surface area contributed by atoms with Gasteiger partial charge in [-0.05, 0) is 30.5 Å². The molecule has 0 heterocycles. The third-order valence-corrected chi connectivity index (χ3v) is 2.64. The van der Waals surface area contributed by atoms with E-state index in [0.29, 0.717) is 24.2 Å². The number of anilines is 2. The van der Waals surface area contributed by atoms with Gasteiger partial charge >= 0.3 is 8.03 Å². The monoisotopic (exact) mass is 212 g/mol. The molecule has 0 amide bonds. The van der Waals surface area contributed by atoms with E-state index in [4.69, 9.17) is 11.5 Å². The van der Waals surface area contributed by atoms with Gasteiger partial charge in [-0.15, -0.1) is 0 Å². The van der Waals surface area contributed by atoms with Gasteiger partial charge in [0.2, 0.25) is 0 Å². The largest absolute Gasteiger partial charge is 0.596 e. The van der Waals surface area contributed by atoms with Crippen molar-refractivity contribution in [2.45, 2.75) is 12.8 Å². The van der Waals surface area contributed by atoms with E-state index in [-0.39, 0.29) is 6.16 Å². The number of hydrogen-bond donors (Lipinski definition) is 2. The zero-order chi connectivity index (χ0) is 10.6. The molecule has 1 aromatic rings. The van der Waals surface area contributed by atoms with Crippen LogP contribution in [0.5, 0.6) is 0 Å². The molecule has 0 radical (unpaired) electrons. The van der Waals surface area contributed by atoms with Crippen LogP contribution in [-0.4, -0.2) is 6.16 Å². The number of benzene rings is 1. The van der Waals surface area contributed by atoms with Gasteiger partial charge in [-0.1, -0.05) is 10.6 Å². The van der Waals surface area contributed by atoms with Crippen LogP contribution in [0.2, 0.25) is 0 Å². The van der Waals surface area contributed by atoms with Crippen LogP contribution in [0.1, 0.15) is 12.0 Å². The van der Waals surface area contributed by atoms with Crippen LogP contribution in [0.15, 0.2) is 18.2 Å².